The van der Waals surface area contributed by atoms with Gasteiger partial charge in [0.15, 0.2) is 5.82 Å². The van der Waals surface area contributed by atoms with E-state index >= 15 is 0 Å². The van der Waals surface area contributed by atoms with E-state index in [9.17, 15) is 26.3 Å². The van der Waals surface area contributed by atoms with Crippen molar-refractivity contribution < 1.29 is 31.1 Å². The van der Waals surface area contributed by atoms with Crippen LogP contribution in [0, 0.1) is 0 Å². The number of hydrogen-bond donors (Lipinski definition) is 1. The van der Waals surface area contributed by atoms with Gasteiger partial charge in [-0.2, -0.15) is 36.1 Å². The summed E-state index contributed by atoms with van der Waals surface area (Å²) in [5, 5.41) is 3.56. The van der Waals surface area contributed by atoms with Crippen LogP contribution in [0.2, 0.25) is 5.02 Å². The highest BCUT2D eigenvalue weighted by Crippen LogP contribution is 2.37. The quantitative estimate of drug-likeness (QED) is 0.576. The predicted molar refractivity (Wildman–Crippen MR) is 83.3 cm³/mol. The van der Waals surface area contributed by atoms with Gasteiger partial charge in [-0.25, -0.2) is 4.98 Å². The van der Waals surface area contributed by atoms with Crippen LogP contribution < -0.4 is 5.73 Å². The van der Waals surface area contributed by atoms with Crippen LogP contribution in [0.25, 0.3) is 5.82 Å². The number of halogens is 7. The van der Waals surface area contributed by atoms with E-state index in [1.54, 1.807) is 0 Å². The minimum Gasteiger partial charge on any atom is -0.383 e. The van der Waals surface area contributed by atoms with Crippen LogP contribution in [0.1, 0.15) is 11.3 Å². The van der Waals surface area contributed by atoms with Crippen molar-refractivity contribution in [2.75, 3.05) is 18.6 Å². The van der Waals surface area contributed by atoms with Gasteiger partial charge in [0.25, 0.3) is 0 Å². The summed E-state index contributed by atoms with van der Waals surface area (Å²) >= 11 is 6.22. The van der Waals surface area contributed by atoms with E-state index in [2.05, 4.69) is 10.1 Å². The Balaban J connectivity index is 2.47. The summed E-state index contributed by atoms with van der Waals surface area (Å²) in [7, 11) is 1.30. The van der Waals surface area contributed by atoms with Gasteiger partial charge >= 0.3 is 12.4 Å². The molecule has 0 radical (unpaired) electrons. The normalized spacial score (nSPS) is 12.6. The van der Waals surface area contributed by atoms with Gasteiger partial charge in [0, 0.05) is 13.3 Å². The summed E-state index contributed by atoms with van der Waals surface area (Å²) in [5.41, 5.74) is 4.82. The number of thioether (sulfide) groups is 1. The molecule has 0 amide bonds. The molecule has 2 aromatic heterocycles. The average molecular weight is 421 g/mol. The number of nitrogens with two attached hydrogens (primary N) is 1. The molecular formula is C13H11ClF6N4OS. The number of ether oxygens (including phenoxy) is 1. The van der Waals surface area contributed by atoms with E-state index in [0.717, 1.165) is 4.68 Å². The molecule has 2 heterocycles. The van der Waals surface area contributed by atoms with Crippen LogP contribution >= 0.6 is 23.4 Å². The SMILES string of the molecule is COCc1nn(-c2ncc(C(F)(F)F)cc2Cl)c(N)c1SCC(F)(F)F. The van der Waals surface area contributed by atoms with Crippen molar-refractivity contribution in [1.29, 1.82) is 0 Å². The van der Waals surface area contributed by atoms with Crippen LogP contribution in [-0.2, 0) is 17.5 Å². The van der Waals surface area contributed by atoms with Gasteiger partial charge in [0.1, 0.15) is 11.5 Å². The molecule has 2 aromatic rings. The topological polar surface area (TPSA) is 66.0 Å². The molecule has 144 valence electrons. The standard InChI is InChI=1S/C13H11ClF6N4OS/c1-25-4-8-9(26-5-12(15,16)17)10(21)24(23-8)11-7(14)2-6(3-22-11)13(18,19)20/h2-3H,4-5,21H2,1H3. The van der Waals surface area contributed by atoms with E-state index < -0.39 is 28.7 Å². The third kappa shape index (κ3) is 4.74. The molecule has 0 saturated heterocycles. The van der Waals surface area contributed by atoms with Crippen molar-refractivity contribution in [2.24, 2.45) is 0 Å². The van der Waals surface area contributed by atoms with E-state index in [0.29, 0.717) is 24.0 Å². The highest BCUT2D eigenvalue weighted by molar-refractivity contribution is 7.99. The monoisotopic (exact) mass is 420 g/mol. The molecule has 0 atom stereocenters. The zero-order valence-electron chi connectivity index (χ0n) is 13.0. The van der Waals surface area contributed by atoms with Gasteiger partial charge in [0.05, 0.1) is 27.8 Å². The number of aromatic nitrogens is 3. The van der Waals surface area contributed by atoms with Crippen LogP contribution in [0.5, 0.6) is 0 Å². The Morgan fingerprint density at radius 1 is 1.27 bits per heavy atom. The minimum absolute atomic E-state index is 0.0121. The lowest BCUT2D eigenvalue weighted by Gasteiger charge is -2.10. The number of nitrogen functional groups attached to an aromatic ring is 1. The first kappa shape index (κ1) is 20.6. The Labute approximate surface area is 152 Å². The lowest BCUT2D eigenvalue weighted by atomic mass is 10.3. The summed E-state index contributed by atoms with van der Waals surface area (Å²) in [6, 6.07) is 0.629. The zero-order valence-corrected chi connectivity index (χ0v) is 14.5. The van der Waals surface area contributed by atoms with Crippen LogP contribution in [0.4, 0.5) is 32.2 Å². The molecule has 13 heteroatoms. The van der Waals surface area contributed by atoms with Crippen LogP contribution in [0.3, 0.4) is 0 Å². The van der Waals surface area contributed by atoms with E-state index in [4.69, 9.17) is 22.1 Å². The summed E-state index contributed by atoms with van der Waals surface area (Å²) in [5.74, 6) is -1.71. The lowest BCUT2D eigenvalue weighted by Crippen LogP contribution is -2.11. The fourth-order valence-electron chi connectivity index (χ4n) is 1.91. The molecule has 0 saturated carbocycles. The number of methoxy groups -OCH3 is 1. The largest absolute Gasteiger partial charge is 0.417 e. The smallest absolute Gasteiger partial charge is 0.383 e. The molecule has 2 N–H and O–H groups in total. The van der Waals surface area contributed by atoms with E-state index in [1.165, 1.54) is 7.11 Å². The van der Waals surface area contributed by atoms with Crippen molar-refractivity contribution in [3.63, 3.8) is 0 Å². The van der Waals surface area contributed by atoms with Gasteiger partial charge in [-0.05, 0) is 6.07 Å². The second-order valence-corrected chi connectivity index (χ2v) is 6.33. The number of rotatable bonds is 5. The Kier molecular flexibility index (Phi) is 5.98. The molecule has 0 unspecified atom stereocenters. The Morgan fingerprint density at radius 3 is 2.42 bits per heavy atom. The highest BCUT2D eigenvalue weighted by Gasteiger charge is 2.33. The van der Waals surface area contributed by atoms with E-state index in [1.807, 2.05) is 0 Å². The average Bonchev–Trinajstić information content (AvgIpc) is 2.80. The number of hydrogen-bond acceptors (Lipinski definition) is 5. The third-order valence-corrected chi connectivity index (χ3v) is 4.44. The predicted octanol–water partition coefficient (Wildman–Crippen LogP) is 4.32. The summed E-state index contributed by atoms with van der Waals surface area (Å²) in [6.45, 7) is -0.157. The van der Waals surface area contributed by atoms with Gasteiger partial charge < -0.3 is 10.5 Å². The first-order valence-electron chi connectivity index (χ1n) is 6.73. The Bertz CT molecular complexity index is 792. The van der Waals surface area contributed by atoms with Crippen molar-refractivity contribution in [3.05, 3.63) is 28.5 Å². The summed E-state index contributed by atoms with van der Waals surface area (Å²) in [4.78, 5) is 3.58. The minimum atomic E-state index is -4.65. The second kappa shape index (κ2) is 7.53. The van der Waals surface area contributed by atoms with Crippen molar-refractivity contribution in [2.45, 2.75) is 23.9 Å². The van der Waals surface area contributed by atoms with Crippen molar-refractivity contribution in [1.82, 2.24) is 14.8 Å². The van der Waals surface area contributed by atoms with Gasteiger partial charge in [-0.3, -0.25) is 0 Å². The zero-order chi connectivity index (χ0) is 19.7. The lowest BCUT2D eigenvalue weighted by molar-refractivity contribution is -0.137. The fourth-order valence-corrected chi connectivity index (χ4v) is 2.96. The molecule has 0 aliphatic carbocycles. The molecular weight excluding hydrogens is 410 g/mol. The maximum Gasteiger partial charge on any atom is 0.417 e. The highest BCUT2D eigenvalue weighted by atomic mass is 35.5. The van der Waals surface area contributed by atoms with Crippen molar-refractivity contribution >= 4 is 29.2 Å². The molecule has 26 heavy (non-hydrogen) atoms. The second-order valence-electron chi connectivity index (χ2n) is 4.94. The summed E-state index contributed by atoms with van der Waals surface area (Å²) < 4.78 is 81.3. The van der Waals surface area contributed by atoms with Gasteiger partial charge in [0.2, 0.25) is 0 Å². The molecule has 5 nitrogen and oxygen atoms in total. The number of alkyl halides is 6. The van der Waals surface area contributed by atoms with Crippen molar-refractivity contribution in [3.8, 4) is 5.82 Å². The molecule has 0 bridgehead atoms. The molecule has 0 aliphatic heterocycles. The van der Waals surface area contributed by atoms with Gasteiger partial charge in [-0.1, -0.05) is 11.6 Å². The number of nitrogens with zero attached hydrogens (tertiary/aromatic N) is 3. The fraction of sp³-hybridized carbons (Fsp3) is 0.385. The third-order valence-electron chi connectivity index (χ3n) is 2.95. The Hall–Kier alpha value is -1.66. The molecule has 0 fully saturated rings. The van der Waals surface area contributed by atoms with E-state index in [-0.39, 0.29) is 28.8 Å². The van der Waals surface area contributed by atoms with Crippen LogP contribution in [-0.4, -0.2) is 33.8 Å². The maximum atomic E-state index is 12.7. The first-order chi connectivity index (χ1) is 11.9. The summed E-state index contributed by atoms with van der Waals surface area (Å²) in [6.07, 6.45) is -8.57. The maximum absolute atomic E-state index is 12.7. The number of pyridine rings is 1. The van der Waals surface area contributed by atoms with Crippen LogP contribution in [0.15, 0.2) is 17.2 Å². The van der Waals surface area contributed by atoms with Gasteiger partial charge in [-0.15, -0.1) is 11.8 Å². The Morgan fingerprint density at radius 2 is 1.92 bits per heavy atom. The molecule has 0 aromatic carbocycles. The molecule has 0 aliphatic rings. The number of anilines is 1. The molecule has 2 rings (SSSR count). The first-order valence-corrected chi connectivity index (χ1v) is 8.09. The molecule has 0 spiro atoms.